The van der Waals surface area contributed by atoms with Crippen LogP contribution in [0.2, 0.25) is 0 Å². The number of rotatable bonds is 5. The summed E-state index contributed by atoms with van der Waals surface area (Å²) in [5.41, 5.74) is 0.126. The number of ether oxygens (including phenoxy) is 1. The Morgan fingerprint density at radius 2 is 2.05 bits per heavy atom. The molecule has 1 heterocycles. The van der Waals surface area contributed by atoms with E-state index in [2.05, 4.69) is 10.3 Å². The van der Waals surface area contributed by atoms with Gasteiger partial charge in [-0.2, -0.15) is 0 Å². The number of aliphatic carboxylic acids is 1. The molecule has 0 radical (unpaired) electrons. The maximum atomic E-state index is 11.8. The fraction of sp³-hybridized carbons (Fsp3) is 0.667. The molecule has 0 aliphatic heterocycles. The van der Waals surface area contributed by atoms with Crippen LogP contribution in [0.5, 0.6) is 0 Å². The first-order chi connectivity index (χ1) is 10.0. The highest BCUT2D eigenvalue weighted by atomic mass is 16.6. The van der Waals surface area contributed by atoms with E-state index in [0.717, 1.165) is 11.5 Å². The van der Waals surface area contributed by atoms with E-state index in [1.165, 1.54) is 0 Å². The van der Waals surface area contributed by atoms with Crippen molar-refractivity contribution in [3.63, 3.8) is 0 Å². The molecule has 0 aromatic carbocycles. The number of carboxylic acid groups (broad SMARTS) is 1. The van der Waals surface area contributed by atoms with Crippen LogP contribution < -0.4 is 5.32 Å². The second kappa shape index (κ2) is 6.81. The number of nitrogens with zero attached hydrogens (tertiary/aromatic N) is 2. The normalized spacial score (nSPS) is 14.3. The van der Waals surface area contributed by atoms with Gasteiger partial charge in [0, 0.05) is 12.6 Å². The number of nitrogens with one attached hydrogen (secondary N) is 1. The SMILES string of the molecule is CCc1nc(C)cn1C(C)C(NC(=O)OC(C)(C)C)C(=O)O. The minimum absolute atomic E-state index is 0.485. The van der Waals surface area contributed by atoms with Gasteiger partial charge < -0.3 is 19.7 Å². The third-order valence-electron chi connectivity index (χ3n) is 3.11. The van der Waals surface area contributed by atoms with Gasteiger partial charge >= 0.3 is 12.1 Å². The number of imidazole rings is 1. The average molecular weight is 311 g/mol. The molecule has 0 bridgehead atoms. The monoisotopic (exact) mass is 311 g/mol. The molecule has 0 spiro atoms. The molecular weight excluding hydrogens is 286 g/mol. The van der Waals surface area contributed by atoms with Gasteiger partial charge in [-0.15, -0.1) is 0 Å². The minimum Gasteiger partial charge on any atom is -0.480 e. The van der Waals surface area contributed by atoms with Gasteiger partial charge in [0.2, 0.25) is 0 Å². The van der Waals surface area contributed by atoms with Crippen molar-refractivity contribution in [2.45, 2.75) is 65.6 Å². The lowest BCUT2D eigenvalue weighted by Gasteiger charge is -2.26. The topological polar surface area (TPSA) is 93.5 Å². The highest BCUT2D eigenvalue weighted by molar-refractivity contribution is 5.80. The minimum atomic E-state index is -1.12. The number of carboxylic acids is 1. The molecule has 0 fully saturated rings. The van der Waals surface area contributed by atoms with Crippen molar-refractivity contribution >= 4 is 12.1 Å². The molecule has 7 heteroatoms. The molecule has 2 atom stereocenters. The molecule has 0 aliphatic carbocycles. The van der Waals surface area contributed by atoms with Crippen molar-refractivity contribution in [1.82, 2.24) is 14.9 Å². The Morgan fingerprint density at radius 3 is 2.50 bits per heavy atom. The van der Waals surface area contributed by atoms with Crippen molar-refractivity contribution in [3.8, 4) is 0 Å². The number of amides is 1. The summed E-state index contributed by atoms with van der Waals surface area (Å²) >= 11 is 0. The number of aryl methyl sites for hydroxylation is 2. The Kier molecular flexibility index (Phi) is 5.57. The predicted octanol–water partition coefficient (Wildman–Crippen LogP) is 2.29. The number of hydrogen-bond donors (Lipinski definition) is 2. The summed E-state index contributed by atoms with van der Waals surface area (Å²) in [5, 5.41) is 11.8. The van der Waals surface area contributed by atoms with Gasteiger partial charge in [0.25, 0.3) is 0 Å². The highest BCUT2D eigenvalue weighted by Crippen LogP contribution is 2.17. The van der Waals surface area contributed by atoms with Crippen molar-refractivity contribution in [2.75, 3.05) is 0 Å². The van der Waals surface area contributed by atoms with Crippen LogP contribution in [-0.4, -0.2) is 38.4 Å². The van der Waals surface area contributed by atoms with Crippen molar-refractivity contribution < 1.29 is 19.4 Å². The molecule has 2 unspecified atom stereocenters. The van der Waals surface area contributed by atoms with E-state index >= 15 is 0 Å². The van der Waals surface area contributed by atoms with Gasteiger partial charge in [-0.05, 0) is 34.6 Å². The van der Waals surface area contributed by atoms with Crippen LogP contribution in [0.25, 0.3) is 0 Å². The third kappa shape index (κ3) is 4.75. The maximum absolute atomic E-state index is 11.8. The van der Waals surface area contributed by atoms with E-state index in [0.29, 0.717) is 6.42 Å². The van der Waals surface area contributed by atoms with Crippen molar-refractivity contribution in [1.29, 1.82) is 0 Å². The Balaban J connectivity index is 2.95. The lowest BCUT2D eigenvalue weighted by atomic mass is 10.1. The molecule has 0 saturated heterocycles. The second-order valence-electron chi connectivity index (χ2n) is 6.26. The van der Waals surface area contributed by atoms with Crippen molar-refractivity contribution in [3.05, 3.63) is 17.7 Å². The first kappa shape index (κ1) is 18.0. The van der Waals surface area contributed by atoms with Crippen molar-refractivity contribution in [2.24, 2.45) is 0 Å². The Labute approximate surface area is 130 Å². The largest absolute Gasteiger partial charge is 0.480 e. The van der Waals surface area contributed by atoms with Crippen LogP contribution in [0.4, 0.5) is 4.79 Å². The summed E-state index contributed by atoms with van der Waals surface area (Å²) in [4.78, 5) is 27.7. The molecule has 1 amide bonds. The van der Waals surface area contributed by atoms with Crippen LogP contribution in [0.3, 0.4) is 0 Å². The lowest BCUT2D eigenvalue weighted by molar-refractivity contribution is -0.140. The number of carbonyl (C=O) groups excluding carboxylic acids is 1. The predicted molar refractivity (Wildman–Crippen MR) is 81.8 cm³/mol. The molecular formula is C15H25N3O4. The summed E-state index contributed by atoms with van der Waals surface area (Å²) in [5.74, 6) is -0.339. The quantitative estimate of drug-likeness (QED) is 0.870. The fourth-order valence-electron chi connectivity index (χ4n) is 2.16. The average Bonchev–Trinajstić information content (AvgIpc) is 2.74. The zero-order chi connectivity index (χ0) is 17.1. The summed E-state index contributed by atoms with van der Waals surface area (Å²) in [7, 11) is 0. The molecule has 22 heavy (non-hydrogen) atoms. The number of aromatic nitrogens is 2. The van der Waals surface area contributed by atoms with Gasteiger partial charge in [-0.1, -0.05) is 6.92 Å². The van der Waals surface area contributed by atoms with E-state index in [1.54, 1.807) is 38.5 Å². The van der Waals surface area contributed by atoms with Crippen LogP contribution >= 0.6 is 0 Å². The van der Waals surface area contributed by atoms with Crippen LogP contribution in [0, 0.1) is 6.92 Å². The lowest BCUT2D eigenvalue weighted by Crippen LogP contribution is -2.47. The first-order valence-corrected chi connectivity index (χ1v) is 7.31. The zero-order valence-electron chi connectivity index (χ0n) is 14.0. The van der Waals surface area contributed by atoms with Crippen LogP contribution in [0.15, 0.2) is 6.20 Å². The summed E-state index contributed by atoms with van der Waals surface area (Å²) < 4.78 is 6.91. The molecule has 124 valence electrons. The highest BCUT2D eigenvalue weighted by Gasteiger charge is 2.30. The summed E-state index contributed by atoms with van der Waals surface area (Å²) in [6.07, 6.45) is 1.72. The summed E-state index contributed by atoms with van der Waals surface area (Å²) in [6, 6.07) is -1.59. The fourth-order valence-corrected chi connectivity index (χ4v) is 2.16. The van der Waals surface area contributed by atoms with Gasteiger partial charge in [0.1, 0.15) is 17.5 Å². The molecule has 1 rings (SSSR count). The standard InChI is InChI=1S/C15H25N3O4/c1-7-11-16-9(2)8-18(11)10(3)12(13(19)20)17-14(21)22-15(4,5)6/h8,10,12H,7H2,1-6H3,(H,17,21)(H,19,20). The van der Waals surface area contributed by atoms with E-state index < -0.39 is 29.7 Å². The third-order valence-corrected chi connectivity index (χ3v) is 3.11. The van der Waals surface area contributed by atoms with Gasteiger partial charge in [0.05, 0.1) is 11.7 Å². The zero-order valence-corrected chi connectivity index (χ0v) is 14.0. The molecule has 7 nitrogen and oxygen atoms in total. The number of alkyl carbamates (subject to hydrolysis) is 1. The maximum Gasteiger partial charge on any atom is 0.408 e. The molecule has 1 aromatic rings. The first-order valence-electron chi connectivity index (χ1n) is 7.31. The Morgan fingerprint density at radius 1 is 1.45 bits per heavy atom. The van der Waals surface area contributed by atoms with Gasteiger partial charge in [-0.25, -0.2) is 14.6 Å². The number of hydrogen-bond acceptors (Lipinski definition) is 4. The van der Waals surface area contributed by atoms with E-state index in [1.807, 2.05) is 13.8 Å². The molecule has 1 aromatic heterocycles. The Hall–Kier alpha value is -2.05. The van der Waals surface area contributed by atoms with E-state index in [-0.39, 0.29) is 0 Å². The van der Waals surface area contributed by atoms with E-state index in [9.17, 15) is 14.7 Å². The smallest absolute Gasteiger partial charge is 0.408 e. The van der Waals surface area contributed by atoms with Crippen LogP contribution in [-0.2, 0) is 16.0 Å². The molecule has 0 saturated carbocycles. The molecule has 0 aliphatic rings. The van der Waals surface area contributed by atoms with E-state index in [4.69, 9.17) is 4.74 Å². The molecule has 2 N–H and O–H groups in total. The van der Waals surface area contributed by atoms with Crippen LogP contribution in [0.1, 0.15) is 52.2 Å². The van der Waals surface area contributed by atoms with Gasteiger partial charge in [-0.3, -0.25) is 0 Å². The van der Waals surface area contributed by atoms with Gasteiger partial charge in [0.15, 0.2) is 0 Å². The Bertz CT molecular complexity index is 545. The summed E-state index contributed by atoms with van der Waals surface area (Å²) in [6.45, 7) is 10.7. The number of carbonyl (C=O) groups is 2. The second-order valence-corrected chi connectivity index (χ2v) is 6.26.